The minimum absolute atomic E-state index is 0.124. The Kier molecular flexibility index (Phi) is 6.23. The van der Waals surface area contributed by atoms with Crippen LogP contribution in [-0.4, -0.2) is 10.8 Å². The summed E-state index contributed by atoms with van der Waals surface area (Å²) in [6.07, 6.45) is 1.87. The molecule has 3 rings (SSSR count). The fourth-order valence-corrected chi connectivity index (χ4v) is 3.36. The molecule has 1 aromatic heterocycles. The van der Waals surface area contributed by atoms with Crippen LogP contribution in [0.2, 0.25) is 0 Å². The lowest BCUT2D eigenvalue weighted by Crippen LogP contribution is -2.12. The number of pyridine rings is 1. The molecule has 0 amide bonds. The maximum absolute atomic E-state index is 11.5. The first kappa shape index (κ1) is 19.1. The molecule has 27 heavy (non-hydrogen) atoms. The standard InChI is InChI=1S/C24H27NO2/c1-17(13-18(2)19(3)26)14-20-7-6-9-23(15-20)27-16-22-12-11-21-8-4-5-10-24(21)25-22/h4-12,15,17-18H,13-14,16H2,1-3H3. The van der Waals surface area contributed by atoms with Crippen LogP contribution >= 0.6 is 0 Å². The van der Waals surface area contributed by atoms with Gasteiger partial charge in [0.25, 0.3) is 0 Å². The van der Waals surface area contributed by atoms with Crippen LogP contribution in [0.4, 0.5) is 0 Å². The summed E-state index contributed by atoms with van der Waals surface area (Å²) >= 11 is 0. The van der Waals surface area contributed by atoms with E-state index in [0.717, 1.165) is 35.2 Å². The van der Waals surface area contributed by atoms with Crippen LogP contribution in [0, 0.1) is 11.8 Å². The second kappa shape index (κ2) is 8.81. The average molecular weight is 361 g/mol. The second-order valence-electron chi connectivity index (χ2n) is 7.49. The van der Waals surface area contributed by atoms with Crippen LogP contribution in [-0.2, 0) is 17.8 Å². The van der Waals surface area contributed by atoms with E-state index in [4.69, 9.17) is 4.74 Å². The van der Waals surface area contributed by atoms with E-state index >= 15 is 0 Å². The monoisotopic (exact) mass is 361 g/mol. The van der Waals surface area contributed by atoms with Gasteiger partial charge < -0.3 is 4.74 Å². The SMILES string of the molecule is CC(=O)C(C)CC(C)Cc1cccc(OCc2ccc3ccccc3n2)c1. The number of carbonyl (C=O) groups is 1. The first-order valence-corrected chi connectivity index (χ1v) is 9.58. The largest absolute Gasteiger partial charge is 0.487 e. The minimum atomic E-state index is 0.124. The van der Waals surface area contributed by atoms with E-state index in [0.29, 0.717) is 12.5 Å². The molecule has 2 aromatic carbocycles. The maximum Gasteiger partial charge on any atom is 0.132 e. The van der Waals surface area contributed by atoms with Gasteiger partial charge in [-0.15, -0.1) is 0 Å². The van der Waals surface area contributed by atoms with Gasteiger partial charge >= 0.3 is 0 Å². The lowest BCUT2D eigenvalue weighted by atomic mass is 9.90. The topological polar surface area (TPSA) is 39.2 Å². The number of hydrogen-bond donors (Lipinski definition) is 0. The normalized spacial score (nSPS) is 13.3. The van der Waals surface area contributed by atoms with Crippen LogP contribution in [0.5, 0.6) is 5.75 Å². The number of hydrogen-bond acceptors (Lipinski definition) is 3. The maximum atomic E-state index is 11.5. The Morgan fingerprint density at radius 2 is 1.85 bits per heavy atom. The third-order valence-electron chi connectivity index (χ3n) is 4.98. The van der Waals surface area contributed by atoms with Gasteiger partial charge in [-0.3, -0.25) is 4.79 Å². The number of benzene rings is 2. The van der Waals surface area contributed by atoms with E-state index in [-0.39, 0.29) is 11.7 Å². The van der Waals surface area contributed by atoms with E-state index in [9.17, 15) is 4.79 Å². The van der Waals surface area contributed by atoms with E-state index in [1.165, 1.54) is 5.56 Å². The molecule has 0 bridgehead atoms. The van der Waals surface area contributed by atoms with Gasteiger partial charge in [-0.25, -0.2) is 4.98 Å². The highest BCUT2D eigenvalue weighted by Gasteiger charge is 2.13. The lowest BCUT2D eigenvalue weighted by Gasteiger charge is -2.16. The molecule has 0 fully saturated rings. The van der Waals surface area contributed by atoms with Gasteiger partial charge in [0.15, 0.2) is 0 Å². The van der Waals surface area contributed by atoms with Crippen molar-refractivity contribution in [3.63, 3.8) is 0 Å². The Bertz CT molecular complexity index is 919. The molecule has 0 spiro atoms. The van der Waals surface area contributed by atoms with Gasteiger partial charge in [0.1, 0.15) is 18.1 Å². The average Bonchev–Trinajstić information content (AvgIpc) is 2.66. The predicted molar refractivity (Wildman–Crippen MR) is 110 cm³/mol. The number of Topliss-reactive ketones (excluding diaryl/α,β-unsaturated/α-hetero) is 1. The molecule has 2 atom stereocenters. The molecule has 2 unspecified atom stereocenters. The third-order valence-corrected chi connectivity index (χ3v) is 4.98. The Labute approximate surface area is 161 Å². The highest BCUT2D eigenvalue weighted by molar-refractivity contribution is 5.78. The Morgan fingerprint density at radius 1 is 1.04 bits per heavy atom. The minimum Gasteiger partial charge on any atom is -0.487 e. The van der Waals surface area contributed by atoms with Gasteiger partial charge in [0, 0.05) is 11.3 Å². The summed E-state index contributed by atoms with van der Waals surface area (Å²) in [5, 5.41) is 1.14. The van der Waals surface area contributed by atoms with Gasteiger partial charge in [0.05, 0.1) is 11.2 Å². The Balaban J connectivity index is 1.60. The molecule has 0 aliphatic rings. The molecule has 3 aromatic rings. The van der Waals surface area contributed by atoms with Crippen LogP contribution < -0.4 is 4.74 Å². The van der Waals surface area contributed by atoms with E-state index < -0.39 is 0 Å². The number of aromatic nitrogens is 1. The number of fused-ring (bicyclic) bond motifs is 1. The number of nitrogens with zero attached hydrogens (tertiary/aromatic N) is 1. The van der Waals surface area contributed by atoms with Crippen molar-refractivity contribution in [3.8, 4) is 5.75 Å². The summed E-state index contributed by atoms with van der Waals surface area (Å²) in [5.74, 6) is 1.70. The number of para-hydroxylation sites is 1. The number of rotatable bonds is 8. The molecule has 0 N–H and O–H groups in total. The Morgan fingerprint density at radius 3 is 2.67 bits per heavy atom. The van der Waals surface area contributed by atoms with Crippen LogP contribution in [0.25, 0.3) is 10.9 Å². The molecular formula is C24H27NO2. The first-order valence-electron chi connectivity index (χ1n) is 9.58. The molecule has 0 aliphatic heterocycles. The summed E-state index contributed by atoms with van der Waals surface area (Å²) in [4.78, 5) is 16.1. The van der Waals surface area contributed by atoms with Crippen LogP contribution in [0.3, 0.4) is 0 Å². The fraction of sp³-hybridized carbons (Fsp3) is 0.333. The zero-order chi connectivity index (χ0) is 19.2. The van der Waals surface area contributed by atoms with Crippen LogP contribution in [0.15, 0.2) is 60.7 Å². The Hall–Kier alpha value is -2.68. The van der Waals surface area contributed by atoms with Crippen molar-refractivity contribution in [1.29, 1.82) is 0 Å². The highest BCUT2D eigenvalue weighted by atomic mass is 16.5. The van der Waals surface area contributed by atoms with Crippen LogP contribution in [0.1, 0.15) is 38.4 Å². The fourth-order valence-electron chi connectivity index (χ4n) is 3.36. The molecule has 1 heterocycles. The predicted octanol–water partition coefficient (Wildman–Crippen LogP) is 5.61. The van der Waals surface area contributed by atoms with E-state index in [1.807, 2.05) is 43.3 Å². The molecule has 3 heteroatoms. The lowest BCUT2D eigenvalue weighted by molar-refractivity contribution is -0.120. The number of ketones is 1. The molecule has 140 valence electrons. The number of ether oxygens (including phenoxy) is 1. The quantitative estimate of drug-likeness (QED) is 0.524. The first-order chi connectivity index (χ1) is 13.0. The summed E-state index contributed by atoms with van der Waals surface area (Å²) in [7, 11) is 0. The zero-order valence-corrected chi connectivity index (χ0v) is 16.3. The molecule has 0 radical (unpaired) electrons. The van der Waals surface area contributed by atoms with Crippen molar-refractivity contribution >= 4 is 16.7 Å². The van der Waals surface area contributed by atoms with Gasteiger partial charge in [-0.05, 0) is 55.5 Å². The third kappa shape index (κ3) is 5.40. The highest BCUT2D eigenvalue weighted by Crippen LogP contribution is 2.21. The van der Waals surface area contributed by atoms with Gasteiger partial charge in [-0.2, -0.15) is 0 Å². The molecular weight excluding hydrogens is 334 g/mol. The molecule has 3 nitrogen and oxygen atoms in total. The molecule has 0 aliphatic carbocycles. The number of carbonyl (C=O) groups excluding carboxylic acids is 1. The molecule has 0 saturated heterocycles. The van der Waals surface area contributed by atoms with Crippen molar-refractivity contribution in [2.24, 2.45) is 11.8 Å². The summed E-state index contributed by atoms with van der Waals surface area (Å²) < 4.78 is 5.97. The van der Waals surface area contributed by atoms with Crippen molar-refractivity contribution in [3.05, 3.63) is 71.9 Å². The summed E-state index contributed by atoms with van der Waals surface area (Å²) in [5.41, 5.74) is 3.14. The summed E-state index contributed by atoms with van der Waals surface area (Å²) in [6, 6.07) is 20.4. The summed E-state index contributed by atoms with van der Waals surface area (Å²) in [6.45, 7) is 6.33. The van der Waals surface area contributed by atoms with E-state index in [2.05, 4.69) is 36.2 Å². The van der Waals surface area contributed by atoms with E-state index in [1.54, 1.807) is 6.92 Å². The molecule has 0 saturated carbocycles. The second-order valence-corrected chi connectivity index (χ2v) is 7.49. The smallest absolute Gasteiger partial charge is 0.132 e. The van der Waals surface area contributed by atoms with Crippen molar-refractivity contribution in [2.75, 3.05) is 0 Å². The van der Waals surface area contributed by atoms with Crippen molar-refractivity contribution in [2.45, 2.75) is 40.2 Å². The van der Waals surface area contributed by atoms with Crippen molar-refractivity contribution in [1.82, 2.24) is 4.98 Å². The van der Waals surface area contributed by atoms with Crippen molar-refractivity contribution < 1.29 is 9.53 Å². The van der Waals surface area contributed by atoms with Gasteiger partial charge in [0.2, 0.25) is 0 Å². The zero-order valence-electron chi connectivity index (χ0n) is 16.3. The van der Waals surface area contributed by atoms with Gasteiger partial charge in [-0.1, -0.05) is 50.2 Å².